The molecule has 1 aromatic rings. The van der Waals surface area contributed by atoms with Gasteiger partial charge in [0.05, 0.1) is 5.56 Å². The summed E-state index contributed by atoms with van der Waals surface area (Å²) in [6, 6.07) is 2.38. The topological polar surface area (TPSA) is 65.2 Å². The summed E-state index contributed by atoms with van der Waals surface area (Å²) in [4.78, 5) is 14.1. The molecule has 0 spiro atoms. The molecule has 1 rings (SSSR count). The van der Waals surface area contributed by atoms with Crippen LogP contribution in [-0.2, 0) is 0 Å². The molecule has 0 atom stereocenters. The Morgan fingerprint density at radius 2 is 2.06 bits per heavy atom. The van der Waals surface area contributed by atoms with Gasteiger partial charge in [0.15, 0.2) is 6.61 Å². The van der Waals surface area contributed by atoms with Crippen molar-refractivity contribution in [2.24, 2.45) is 5.73 Å². The first-order valence-electron chi connectivity index (χ1n) is 3.84. The normalized spacial score (nSPS) is 10.4. The van der Waals surface area contributed by atoms with E-state index in [-0.39, 0.29) is 23.9 Å². The van der Waals surface area contributed by atoms with Crippen LogP contribution in [0.2, 0.25) is 0 Å². The fourth-order valence-electron chi connectivity index (χ4n) is 0.767. The molecule has 0 fully saturated rings. The summed E-state index contributed by atoms with van der Waals surface area (Å²) in [5.41, 5.74) is 5.01. The molecule has 0 aliphatic rings. The molecule has 2 N–H and O–H groups in total. The number of nitrogens with two attached hydrogens (primary N) is 1. The van der Waals surface area contributed by atoms with Crippen LogP contribution in [0.1, 0.15) is 10.4 Å². The van der Waals surface area contributed by atoms with E-state index in [0.717, 1.165) is 12.3 Å². The van der Waals surface area contributed by atoms with Crippen LogP contribution in [-0.4, -0.2) is 23.7 Å². The molecule has 8 heteroatoms. The van der Waals surface area contributed by atoms with E-state index < -0.39 is 18.7 Å². The molecule has 0 bridgehead atoms. The summed E-state index contributed by atoms with van der Waals surface area (Å²) >= 11 is 0. The van der Waals surface area contributed by atoms with E-state index in [1.54, 1.807) is 0 Å². The molecule has 0 aliphatic heterocycles. The van der Waals surface area contributed by atoms with Crippen LogP contribution < -0.4 is 10.5 Å². The van der Waals surface area contributed by atoms with Crippen molar-refractivity contribution in [1.29, 1.82) is 0 Å². The largest absolute Gasteiger partial charge is 0.468 e. The number of ether oxygens (including phenoxy) is 1. The fourth-order valence-corrected chi connectivity index (χ4v) is 0.767. The van der Waals surface area contributed by atoms with Crippen molar-refractivity contribution in [3.05, 3.63) is 23.9 Å². The van der Waals surface area contributed by atoms with Crippen molar-refractivity contribution in [3.63, 3.8) is 0 Å². The van der Waals surface area contributed by atoms with Crippen molar-refractivity contribution in [2.75, 3.05) is 6.61 Å². The van der Waals surface area contributed by atoms with Crippen LogP contribution in [0.25, 0.3) is 0 Å². The van der Waals surface area contributed by atoms with Crippen LogP contribution in [0, 0.1) is 0 Å². The number of primary amides is 1. The molecule has 0 aromatic carbocycles. The average Bonchev–Trinajstić information content (AvgIpc) is 2.14. The molecule has 4 nitrogen and oxygen atoms in total. The second-order valence-corrected chi connectivity index (χ2v) is 2.65. The molecule has 0 unspecified atom stereocenters. The Morgan fingerprint density at radius 1 is 1.44 bits per heavy atom. The molecule has 90 valence electrons. The quantitative estimate of drug-likeness (QED) is 0.892. The molecule has 0 radical (unpaired) electrons. The maximum Gasteiger partial charge on any atom is 0.422 e. The minimum atomic E-state index is -4.41. The summed E-state index contributed by atoms with van der Waals surface area (Å²) in [5, 5.41) is 0. The second kappa shape index (κ2) is 5.55. The van der Waals surface area contributed by atoms with Gasteiger partial charge >= 0.3 is 6.18 Å². The van der Waals surface area contributed by atoms with Crippen molar-refractivity contribution in [3.8, 4) is 5.88 Å². The minimum Gasteiger partial charge on any atom is -0.468 e. The van der Waals surface area contributed by atoms with Gasteiger partial charge in [0.25, 0.3) is 0 Å². The fraction of sp³-hybridized carbons (Fsp3) is 0.250. The molecule has 1 aromatic heterocycles. The highest BCUT2D eigenvalue weighted by Crippen LogP contribution is 2.16. The Hall–Kier alpha value is -1.50. The SMILES string of the molecule is Cl.NC(=O)c1ccc(OCC(F)(F)F)nc1. The lowest BCUT2D eigenvalue weighted by Gasteiger charge is -2.07. The minimum absolute atomic E-state index is 0. The summed E-state index contributed by atoms with van der Waals surface area (Å²) in [6.45, 7) is -1.42. The van der Waals surface area contributed by atoms with Gasteiger partial charge in [0.2, 0.25) is 11.8 Å². The van der Waals surface area contributed by atoms with Gasteiger partial charge in [-0.15, -0.1) is 12.4 Å². The molecule has 0 aliphatic carbocycles. The van der Waals surface area contributed by atoms with E-state index in [1.165, 1.54) is 6.07 Å². The molecule has 1 heterocycles. The standard InChI is InChI=1S/C8H7F3N2O2.ClH/c9-8(10,11)4-15-6-2-1-5(3-13-6)7(12)14;/h1-3H,4H2,(H2,12,14);1H. The third-order valence-electron chi connectivity index (χ3n) is 1.40. The summed E-state index contributed by atoms with van der Waals surface area (Å²) in [7, 11) is 0. The molecule has 16 heavy (non-hydrogen) atoms. The van der Waals surface area contributed by atoms with Gasteiger partial charge in [-0.25, -0.2) is 4.98 Å². The van der Waals surface area contributed by atoms with Crippen molar-refractivity contribution in [1.82, 2.24) is 4.98 Å². The zero-order chi connectivity index (χ0) is 11.5. The van der Waals surface area contributed by atoms with E-state index in [1.807, 2.05) is 0 Å². The number of halogens is 4. The third-order valence-corrected chi connectivity index (χ3v) is 1.40. The van der Waals surface area contributed by atoms with Crippen LogP contribution >= 0.6 is 12.4 Å². The zero-order valence-corrected chi connectivity index (χ0v) is 8.64. The van der Waals surface area contributed by atoms with Crippen molar-refractivity contribution >= 4 is 18.3 Å². The van der Waals surface area contributed by atoms with Gasteiger partial charge in [-0.1, -0.05) is 0 Å². The van der Waals surface area contributed by atoms with Gasteiger partial charge in [-0.3, -0.25) is 4.79 Å². The van der Waals surface area contributed by atoms with Crippen molar-refractivity contribution in [2.45, 2.75) is 6.18 Å². The number of amides is 1. The summed E-state index contributed by atoms with van der Waals surface area (Å²) < 4.78 is 39.5. The lowest BCUT2D eigenvalue weighted by atomic mass is 10.3. The molecule has 0 saturated heterocycles. The first-order chi connectivity index (χ1) is 6.88. The summed E-state index contributed by atoms with van der Waals surface area (Å²) in [5.74, 6) is -0.915. The van der Waals surface area contributed by atoms with E-state index >= 15 is 0 Å². The molecule has 0 saturated carbocycles. The predicted molar refractivity (Wildman–Crippen MR) is 51.6 cm³/mol. The maximum absolute atomic E-state index is 11.7. The lowest BCUT2D eigenvalue weighted by molar-refractivity contribution is -0.154. The average molecular weight is 257 g/mol. The van der Waals surface area contributed by atoms with Crippen LogP contribution in [0.5, 0.6) is 5.88 Å². The van der Waals surface area contributed by atoms with Crippen LogP contribution in [0.4, 0.5) is 13.2 Å². The molecule has 1 amide bonds. The Balaban J connectivity index is 0.00000225. The molecular weight excluding hydrogens is 249 g/mol. The third kappa shape index (κ3) is 4.83. The Labute approximate surface area is 95.0 Å². The highest BCUT2D eigenvalue weighted by molar-refractivity contribution is 5.92. The number of hydrogen-bond donors (Lipinski definition) is 1. The Morgan fingerprint density at radius 3 is 2.44 bits per heavy atom. The Bertz CT molecular complexity index is 353. The predicted octanol–water partition coefficient (Wildman–Crippen LogP) is 1.54. The van der Waals surface area contributed by atoms with Gasteiger partial charge in [0.1, 0.15) is 0 Å². The zero-order valence-electron chi connectivity index (χ0n) is 7.82. The lowest BCUT2D eigenvalue weighted by Crippen LogP contribution is -2.19. The molecular formula is C8H8ClF3N2O2. The van der Waals surface area contributed by atoms with E-state index in [9.17, 15) is 18.0 Å². The maximum atomic E-state index is 11.7. The number of alkyl halides is 3. The van der Waals surface area contributed by atoms with Crippen molar-refractivity contribution < 1.29 is 22.7 Å². The number of aromatic nitrogens is 1. The monoisotopic (exact) mass is 256 g/mol. The van der Waals surface area contributed by atoms with E-state index in [2.05, 4.69) is 9.72 Å². The number of rotatable bonds is 3. The summed E-state index contributed by atoms with van der Waals surface area (Å²) in [6.07, 6.45) is -3.36. The van der Waals surface area contributed by atoms with Crippen LogP contribution in [0.3, 0.4) is 0 Å². The smallest absolute Gasteiger partial charge is 0.422 e. The van der Waals surface area contributed by atoms with Crippen LogP contribution in [0.15, 0.2) is 18.3 Å². The van der Waals surface area contributed by atoms with Gasteiger partial charge in [0, 0.05) is 12.3 Å². The van der Waals surface area contributed by atoms with E-state index in [4.69, 9.17) is 5.73 Å². The highest BCUT2D eigenvalue weighted by Gasteiger charge is 2.28. The Kier molecular flexibility index (Phi) is 5.03. The number of carbonyl (C=O) groups is 1. The van der Waals surface area contributed by atoms with Gasteiger partial charge in [-0.2, -0.15) is 13.2 Å². The first kappa shape index (κ1) is 14.5. The van der Waals surface area contributed by atoms with Gasteiger partial charge < -0.3 is 10.5 Å². The number of pyridine rings is 1. The number of nitrogens with zero attached hydrogens (tertiary/aromatic N) is 1. The number of carbonyl (C=O) groups excluding carboxylic acids is 1. The first-order valence-corrected chi connectivity index (χ1v) is 3.84. The van der Waals surface area contributed by atoms with E-state index in [0.29, 0.717) is 0 Å². The number of hydrogen-bond acceptors (Lipinski definition) is 3. The van der Waals surface area contributed by atoms with Gasteiger partial charge in [-0.05, 0) is 6.07 Å². The highest BCUT2D eigenvalue weighted by atomic mass is 35.5. The second-order valence-electron chi connectivity index (χ2n) is 2.65.